The molecular weight excluding hydrogens is 584 g/mol. The molecule has 4 saturated carbocycles. The summed E-state index contributed by atoms with van der Waals surface area (Å²) >= 11 is 0. The standard InChI is InChI=1S/C41H66N2O4/c1-5-42(20-13-21-43-18-11-6-7-12-19-43)26-36-32(30-14-9-8-10-15-30)23-37(47-36)40-25-33-29(4)16-17-34(33)39(27-44)24-31(40)22-35(28(2)3)41(39,40)38(45)46/h22,27-34,36-37H,5-21,23-26H2,1-4H3,(H,45,46)/t29-,31?,32?,33-,34-,36?,37?,39?,40?,41+/m1/s1. The Morgan fingerprint density at radius 1 is 1.04 bits per heavy atom. The lowest BCUT2D eigenvalue weighted by molar-refractivity contribution is -0.197. The number of carbonyl (C=O) groups is 2. The molecule has 4 bridgehead atoms. The van der Waals surface area contributed by atoms with E-state index in [0.717, 1.165) is 50.9 Å². The molecule has 264 valence electrons. The third-order valence-corrected chi connectivity index (χ3v) is 15.7. The zero-order valence-electron chi connectivity index (χ0n) is 30.3. The van der Waals surface area contributed by atoms with Gasteiger partial charge in [0.05, 0.1) is 17.6 Å². The Morgan fingerprint density at radius 3 is 2.43 bits per heavy atom. The summed E-state index contributed by atoms with van der Waals surface area (Å²) in [6, 6.07) is 0. The number of aliphatic carboxylic acids is 1. The molecular formula is C41H66N2O4. The van der Waals surface area contributed by atoms with Crippen LogP contribution < -0.4 is 0 Å². The first-order valence-corrected chi connectivity index (χ1v) is 20.3. The number of hydrogen-bond acceptors (Lipinski definition) is 5. The smallest absolute Gasteiger partial charge is 0.315 e. The Kier molecular flexibility index (Phi) is 9.81. The first-order valence-electron chi connectivity index (χ1n) is 20.3. The molecule has 7 rings (SSSR count). The van der Waals surface area contributed by atoms with Gasteiger partial charge in [-0.25, -0.2) is 0 Å². The van der Waals surface area contributed by atoms with Crippen molar-refractivity contribution in [2.75, 3.05) is 39.3 Å². The maximum Gasteiger partial charge on any atom is 0.315 e. The second-order valence-corrected chi connectivity index (χ2v) is 17.8. The Hall–Kier alpha value is -1.24. The zero-order valence-corrected chi connectivity index (χ0v) is 30.3. The summed E-state index contributed by atoms with van der Waals surface area (Å²) in [6.07, 6.45) is 21.5. The Morgan fingerprint density at radius 2 is 1.77 bits per heavy atom. The predicted molar refractivity (Wildman–Crippen MR) is 187 cm³/mol. The predicted octanol–water partition coefficient (Wildman–Crippen LogP) is 7.85. The van der Waals surface area contributed by atoms with Gasteiger partial charge in [0.1, 0.15) is 11.7 Å². The van der Waals surface area contributed by atoms with Crippen molar-refractivity contribution in [3.63, 3.8) is 0 Å². The molecule has 0 amide bonds. The van der Waals surface area contributed by atoms with Crippen LogP contribution in [0.3, 0.4) is 0 Å². The minimum Gasteiger partial charge on any atom is -0.481 e. The topological polar surface area (TPSA) is 70.1 Å². The van der Waals surface area contributed by atoms with E-state index in [1.54, 1.807) is 0 Å². The van der Waals surface area contributed by atoms with Crippen molar-refractivity contribution in [1.29, 1.82) is 0 Å². The van der Waals surface area contributed by atoms with Gasteiger partial charge in [-0.3, -0.25) is 4.79 Å². The molecule has 2 saturated heterocycles. The van der Waals surface area contributed by atoms with Gasteiger partial charge in [0.25, 0.3) is 0 Å². The van der Waals surface area contributed by atoms with Crippen molar-refractivity contribution in [2.45, 2.75) is 136 Å². The molecule has 10 atom stereocenters. The SMILES string of the molecule is CCN(CCCN1CCCCCC1)CC1OC(C23C[C@@H]4[C@H](C)CC[C@H]4C4(C=O)CC2C=C(C(C)C)[C@@]34C(=O)O)CC1C1CCCCC1. The molecule has 6 heteroatoms. The Balaban J connectivity index is 1.20. The van der Waals surface area contributed by atoms with Crippen molar-refractivity contribution in [1.82, 2.24) is 9.80 Å². The number of hydrogen-bond donors (Lipinski definition) is 1. The third-order valence-electron chi connectivity index (χ3n) is 15.7. The second kappa shape index (κ2) is 13.5. The van der Waals surface area contributed by atoms with E-state index in [0.29, 0.717) is 30.1 Å². The summed E-state index contributed by atoms with van der Waals surface area (Å²) in [6.45, 7) is 15.8. The molecule has 2 aliphatic heterocycles. The fraction of sp³-hybridized carbons (Fsp3) is 0.902. The highest BCUT2D eigenvalue weighted by Gasteiger charge is 2.86. The summed E-state index contributed by atoms with van der Waals surface area (Å²) in [5.74, 6) is 1.77. The highest BCUT2D eigenvalue weighted by atomic mass is 16.5. The largest absolute Gasteiger partial charge is 0.481 e. The zero-order chi connectivity index (χ0) is 33.0. The lowest BCUT2D eigenvalue weighted by atomic mass is 9.41. The van der Waals surface area contributed by atoms with E-state index >= 15 is 0 Å². The number of carboxylic acids is 1. The highest BCUT2D eigenvalue weighted by molar-refractivity contribution is 5.90. The van der Waals surface area contributed by atoms with Crippen LogP contribution in [0.15, 0.2) is 11.6 Å². The summed E-state index contributed by atoms with van der Waals surface area (Å²) < 4.78 is 7.53. The minimum atomic E-state index is -1.14. The maximum absolute atomic E-state index is 14.2. The first-order chi connectivity index (χ1) is 22.7. The van der Waals surface area contributed by atoms with Gasteiger partial charge in [0, 0.05) is 12.0 Å². The number of nitrogens with zero attached hydrogens (tertiary/aromatic N) is 2. The number of likely N-dealkylation sites (N-methyl/N-ethyl adjacent to an activating group) is 1. The number of carbonyl (C=O) groups excluding carboxylic acids is 1. The molecule has 47 heavy (non-hydrogen) atoms. The van der Waals surface area contributed by atoms with Crippen molar-refractivity contribution in [3.8, 4) is 0 Å². The lowest BCUT2D eigenvalue weighted by Crippen LogP contribution is -2.65. The van der Waals surface area contributed by atoms with Gasteiger partial charge in [-0.2, -0.15) is 0 Å². The van der Waals surface area contributed by atoms with Crippen molar-refractivity contribution < 1.29 is 19.4 Å². The summed E-state index contributed by atoms with van der Waals surface area (Å²) in [4.78, 5) is 33.2. The molecule has 0 radical (unpaired) electrons. The molecule has 6 unspecified atom stereocenters. The molecule has 6 fully saturated rings. The number of fused-ring (bicyclic) bond motifs is 2. The fourth-order valence-electron chi connectivity index (χ4n) is 13.7. The van der Waals surface area contributed by atoms with Gasteiger partial charge in [0.2, 0.25) is 0 Å². The van der Waals surface area contributed by atoms with Crippen molar-refractivity contribution >= 4 is 12.3 Å². The van der Waals surface area contributed by atoms with Crippen LogP contribution in [0.1, 0.15) is 124 Å². The Labute approximate surface area is 285 Å². The van der Waals surface area contributed by atoms with Gasteiger partial charge in [-0.05, 0) is 119 Å². The average molecular weight is 651 g/mol. The molecule has 1 N–H and O–H groups in total. The minimum absolute atomic E-state index is 0.0978. The number of allylic oxidation sites excluding steroid dienone is 1. The van der Waals surface area contributed by atoms with Crippen molar-refractivity contribution in [3.05, 3.63) is 11.6 Å². The highest BCUT2D eigenvalue weighted by Crippen LogP contribution is 2.84. The van der Waals surface area contributed by atoms with Gasteiger partial charge >= 0.3 is 5.97 Å². The van der Waals surface area contributed by atoms with Crippen LogP contribution in [0.4, 0.5) is 0 Å². The van der Waals surface area contributed by atoms with E-state index in [9.17, 15) is 14.7 Å². The van der Waals surface area contributed by atoms with E-state index in [1.807, 2.05) is 0 Å². The molecule has 2 heterocycles. The van der Waals surface area contributed by atoms with Crippen LogP contribution in [-0.4, -0.2) is 78.6 Å². The first kappa shape index (κ1) is 34.2. The van der Waals surface area contributed by atoms with E-state index in [4.69, 9.17) is 4.74 Å². The van der Waals surface area contributed by atoms with E-state index in [-0.39, 0.29) is 30.0 Å². The second-order valence-electron chi connectivity index (χ2n) is 17.8. The summed E-state index contributed by atoms with van der Waals surface area (Å²) in [7, 11) is 0. The van der Waals surface area contributed by atoms with Crippen molar-refractivity contribution in [2.24, 2.45) is 57.7 Å². The fourth-order valence-corrected chi connectivity index (χ4v) is 13.7. The maximum atomic E-state index is 14.2. The number of likely N-dealkylation sites (tertiary alicyclic amines) is 1. The van der Waals surface area contributed by atoms with E-state index in [1.165, 1.54) is 90.1 Å². The number of rotatable bonds is 12. The Bertz CT molecular complexity index is 1170. The molecule has 7 aliphatic rings. The number of carboxylic acid groups (broad SMARTS) is 1. The molecule has 6 nitrogen and oxygen atoms in total. The van der Waals surface area contributed by atoms with Crippen LogP contribution in [0.2, 0.25) is 0 Å². The molecule has 0 aromatic carbocycles. The van der Waals surface area contributed by atoms with Crippen LogP contribution in [-0.2, 0) is 14.3 Å². The normalized spacial score (nSPS) is 43.8. The number of aldehydes is 1. The summed E-state index contributed by atoms with van der Waals surface area (Å²) in [5, 5.41) is 11.6. The molecule has 0 spiro atoms. The third kappa shape index (κ3) is 5.17. The lowest BCUT2D eigenvalue weighted by Gasteiger charge is -2.60. The summed E-state index contributed by atoms with van der Waals surface area (Å²) in [5.41, 5.74) is -1.42. The monoisotopic (exact) mass is 651 g/mol. The van der Waals surface area contributed by atoms with Crippen LogP contribution in [0, 0.1) is 57.7 Å². The van der Waals surface area contributed by atoms with Crippen LogP contribution in [0.5, 0.6) is 0 Å². The molecule has 5 aliphatic carbocycles. The quantitative estimate of drug-likeness (QED) is 0.171. The van der Waals surface area contributed by atoms with Gasteiger partial charge in [-0.15, -0.1) is 0 Å². The van der Waals surface area contributed by atoms with Gasteiger partial charge in [-0.1, -0.05) is 90.7 Å². The van der Waals surface area contributed by atoms with Crippen LogP contribution >= 0.6 is 0 Å². The van der Waals surface area contributed by atoms with Crippen LogP contribution in [0.25, 0.3) is 0 Å². The van der Waals surface area contributed by atoms with Gasteiger partial charge < -0.3 is 24.4 Å². The van der Waals surface area contributed by atoms with E-state index < -0.39 is 22.2 Å². The van der Waals surface area contributed by atoms with Gasteiger partial charge in [0.15, 0.2) is 0 Å². The van der Waals surface area contributed by atoms with E-state index in [2.05, 4.69) is 43.6 Å². The molecule has 0 aromatic rings. The molecule has 0 aromatic heterocycles. The average Bonchev–Trinajstić information content (AvgIpc) is 3.72. The number of ether oxygens (including phenoxy) is 1.